The summed E-state index contributed by atoms with van der Waals surface area (Å²) in [6.07, 6.45) is 14.9. The van der Waals surface area contributed by atoms with Crippen molar-refractivity contribution in [1.29, 1.82) is 0 Å². The van der Waals surface area contributed by atoms with Gasteiger partial charge in [0.15, 0.2) is 0 Å². The fraction of sp³-hybridized carbons (Fsp3) is 1.00. The fourth-order valence-corrected chi connectivity index (χ4v) is 8.97. The number of rotatable bonds is 1. The summed E-state index contributed by atoms with van der Waals surface area (Å²) in [7, 11) is 0. The molecule has 0 saturated heterocycles. The van der Waals surface area contributed by atoms with Gasteiger partial charge in [-0.1, -0.05) is 0 Å². The molecule has 8 fully saturated rings. The molecule has 7 unspecified atom stereocenters. The van der Waals surface area contributed by atoms with Crippen LogP contribution < -0.4 is 0 Å². The van der Waals surface area contributed by atoms with E-state index in [1.165, 1.54) is 47.3 Å². The molecule has 0 heteroatoms. The Hall–Kier alpha value is 0. The van der Waals surface area contributed by atoms with Crippen LogP contribution in [0, 0.1) is 52.8 Å². The van der Waals surface area contributed by atoms with Gasteiger partial charge in [0.2, 0.25) is 0 Å². The SMILES string of the molecule is C1C2CC3CC(C4C5CC6CC(C5)C4C6)(C2)CC13. The maximum absolute atomic E-state index is 1.68. The first kappa shape index (κ1) is 9.83. The molecule has 7 atom stereocenters. The summed E-state index contributed by atoms with van der Waals surface area (Å²) in [5.41, 5.74) is 0.899. The predicted octanol–water partition coefficient (Wildman–Crippen LogP) is 4.49. The van der Waals surface area contributed by atoms with Crippen molar-refractivity contribution in [3.63, 3.8) is 0 Å². The Bertz CT molecular complexity index is 387. The van der Waals surface area contributed by atoms with Crippen LogP contribution in [0.5, 0.6) is 0 Å². The third-order valence-electron chi connectivity index (χ3n) is 8.74. The highest BCUT2D eigenvalue weighted by atomic mass is 14.7. The molecule has 0 nitrogen and oxygen atoms in total. The summed E-state index contributed by atoms with van der Waals surface area (Å²) >= 11 is 0. The molecule has 0 heterocycles. The maximum Gasteiger partial charge on any atom is -0.0256 e. The second-order valence-electron chi connectivity index (χ2n) is 9.35. The van der Waals surface area contributed by atoms with Crippen LogP contribution in [0.4, 0.5) is 0 Å². The highest BCUT2D eigenvalue weighted by Gasteiger charge is 2.65. The largest absolute Gasteiger partial charge is 0.0473 e. The summed E-state index contributed by atoms with van der Waals surface area (Å²) in [6.45, 7) is 0. The lowest BCUT2D eigenvalue weighted by molar-refractivity contribution is -0.00211. The predicted molar refractivity (Wildman–Crippen MR) is 71.9 cm³/mol. The van der Waals surface area contributed by atoms with Gasteiger partial charge in [0, 0.05) is 0 Å². The standard InChI is InChI=1S/C18H26/c1-10-2-13-6-12(1)16(5-10)17(13)18-7-11-3-14(8-18)15(4-11)9-18/h10-17H,1-9H2. The van der Waals surface area contributed by atoms with Crippen LogP contribution in [0.2, 0.25) is 0 Å². The van der Waals surface area contributed by atoms with Crippen LogP contribution in [-0.2, 0) is 0 Å². The Kier molecular flexibility index (Phi) is 1.56. The minimum atomic E-state index is 0.899. The lowest BCUT2D eigenvalue weighted by Crippen LogP contribution is -2.41. The average Bonchev–Trinajstić information content (AvgIpc) is 2.93. The maximum atomic E-state index is 1.68. The molecule has 0 aromatic carbocycles. The Morgan fingerprint density at radius 3 is 2.00 bits per heavy atom. The Balaban J connectivity index is 1.42. The van der Waals surface area contributed by atoms with Crippen molar-refractivity contribution >= 4 is 0 Å². The zero-order valence-corrected chi connectivity index (χ0v) is 11.5. The van der Waals surface area contributed by atoms with Gasteiger partial charge in [-0.05, 0) is 111 Å². The van der Waals surface area contributed by atoms with Crippen LogP contribution in [0.25, 0.3) is 0 Å². The van der Waals surface area contributed by atoms with Gasteiger partial charge >= 0.3 is 0 Å². The van der Waals surface area contributed by atoms with Crippen LogP contribution in [0.3, 0.4) is 0 Å². The van der Waals surface area contributed by atoms with Crippen molar-refractivity contribution in [2.45, 2.75) is 57.8 Å². The molecule has 8 aliphatic rings. The molecule has 18 heavy (non-hydrogen) atoms. The first-order chi connectivity index (χ1) is 8.81. The van der Waals surface area contributed by atoms with Crippen molar-refractivity contribution in [1.82, 2.24) is 0 Å². The molecule has 0 aromatic heterocycles. The lowest BCUT2D eigenvalue weighted by atomic mass is 9.55. The Labute approximate surface area is 111 Å². The van der Waals surface area contributed by atoms with E-state index >= 15 is 0 Å². The summed E-state index contributed by atoms with van der Waals surface area (Å²) in [5, 5.41) is 0. The lowest BCUT2D eigenvalue weighted by Gasteiger charge is -2.49. The van der Waals surface area contributed by atoms with E-state index < -0.39 is 0 Å². The average molecular weight is 242 g/mol. The van der Waals surface area contributed by atoms with Gasteiger partial charge in [-0.3, -0.25) is 0 Å². The van der Waals surface area contributed by atoms with Crippen molar-refractivity contribution < 1.29 is 0 Å². The van der Waals surface area contributed by atoms with Crippen molar-refractivity contribution in [3.05, 3.63) is 0 Å². The second-order valence-corrected chi connectivity index (χ2v) is 9.35. The van der Waals surface area contributed by atoms with Gasteiger partial charge in [-0.2, -0.15) is 0 Å². The highest BCUT2D eigenvalue weighted by Crippen LogP contribution is 2.74. The van der Waals surface area contributed by atoms with Crippen LogP contribution in [0.1, 0.15) is 57.8 Å². The molecular weight excluding hydrogens is 216 g/mol. The molecular formula is C18H26. The van der Waals surface area contributed by atoms with Crippen molar-refractivity contribution in [2.75, 3.05) is 0 Å². The third kappa shape index (κ3) is 0.967. The van der Waals surface area contributed by atoms with Gasteiger partial charge in [0.05, 0.1) is 0 Å². The molecule has 8 bridgehead atoms. The van der Waals surface area contributed by atoms with Gasteiger partial charge in [-0.25, -0.2) is 0 Å². The van der Waals surface area contributed by atoms with E-state index in [0.717, 1.165) is 5.41 Å². The van der Waals surface area contributed by atoms with E-state index in [4.69, 9.17) is 0 Å². The first-order valence-electron chi connectivity index (χ1n) is 8.81. The van der Waals surface area contributed by atoms with E-state index in [1.807, 2.05) is 0 Å². The molecule has 98 valence electrons. The molecule has 8 aliphatic carbocycles. The minimum absolute atomic E-state index is 0.899. The van der Waals surface area contributed by atoms with Gasteiger partial charge in [0.25, 0.3) is 0 Å². The highest BCUT2D eigenvalue weighted by molar-refractivity contribution is 5.15. The molecule has 0 spiro atoms. The van der Waals surface area contributed by atoms with Crippen LogP contribution in [0.15, 0.2) is 0 Å². The van der Waals surface area contributed by atoms with Crippen molar-refractivity contribution in [3.8, 4) is 0 Å². The molecule has 0 aromatic rings. The van der Waals surface area contributed by atoms with Crippen LogP contribution >= 0.6 is 0 Å². The van der Waals surface area contributed by atoms with Gasteiger partial charge in [-0.15, -0.1) is 0 Å². The van der Waals surface area contributed by atoms with Crippen molar-refractivity contribution in [2.24, 2.45) is 52.8 Å². The van der Waals surface area contributed by atoms with E-state index in [9.17, 15) is 0 Å². The summed E-state index contributed by atoms with van der Waals surface area (Å²) in [5.74, 6) is 9.58. The number of hydrogen-bond acceptors (Lipinski definition) is 0. The molecule has 8 rings (SSSR count). The molecule has 0 amide bonds. The number of hydrogen-bond donors (Lipinski definition) is 0. The third-order valence-corrected chi connectivity index (χ3v) is 8.74. The molecule has 0 aliphatic heterocycles. The fourth-order valence-electron chi connectivity index (χ4n) is 8.97. The quantitative estimate of drug-likeness (QED) is 0.635. The molecule has 0 N–H and O–H groups in total. The van der Waals surface area contributed by atoms with Gasteiger partial charge in [0.1, 0.15) is 0 Å². The van der Waals surface area contributed by atoms with E-state index in [-0.39, 0.29) is 0 Å². The van der Waals surface area contributed by atoms with E-state index in [0.29, 0.717) is 0 Å². The Morgan fingerprint density at radius 1 is 0.556 bits per heavy atom. The smallest absolute Gasteiger partial charge is 0.0256 e. The van der Waals surface area contributed by atoms with Gasteiger partial charge < -0.3 is 0 Å². The normalized spacial score (nSPS) is 70.7. The molecule has 8 saturated carbocycles. The van der Waals surface area contributed by atoms with Crippen LogP contribution in [-0.4, -0.2) is 0 Å². The molecule has 0 radical (unpaired) electrons. The zero-order chi connectivity index (χ0) is 11.5. The monoisotopic (exact) mass is 242 g/mol. The first-order valence-corrected chi connectivity index (χ1v) is 8.81. The zero-order valence-electron chi connectivity index (χ0n) is 11.5. The van der Waals surface area contributed by atoms with E-state index in [1.54, 1.807) is 57.8 Å². The second kappa shape index (κ2) is 2.86. The topological polar surface area (TPSA) is 0 Å². The summed E-state index contributed by atoms with van der Waals surface area (Å²) < 4.78 is 0. The minimum Gasteiger partial charge on any atom is -0.0473 e. The summed E-state index contributed by atoms with van der Waals surface area (Å²) in [6, 6.07) is 0. The van der Waals surface area contributed by atoms with E-state index in [2.05, 4.69) is 0 Å². The Morgan fingerprint density at radius 2 is 1.28 bits per heavy atom. The summed E-state index contributed by atoms with van der Waals surface area (Å²) in [4.78, 5) is 0.